The number of ether oxygens (including phenoxy) is 1. The fourth-order valence-corrected chi connectivity index (χ4v) is 2.34. The second-order valence-electron chi connectivity index (χ2n) is 5.30. The second kappa shape index (κ2) is 6.73. The van der Waals surface area contributed by atoms with Crippen molar-refractivity contribution in [2.45, 2.75) is 51.6 Å². The molecule has 1 amide bonds. The number of methoxy groups -OCH3 is 1. The second-order valence-corrected chi connectivity index (χ2v) is 5.30. The molecule has 0 aromatic rings. The summed E-state index contributed by atoms with van der Waals surface area (Å²) in [6.07, 6.45) is 3.14. The molecule has 0 bridgehead atoms. The first kappa shape index (κ1) is 15.0. The summed E-state index contributed by atoms with van der Waals surface area (Å²) in [5.41, 5.74) is 5.84. The van der Waals surface area contributed by atoms with E-state index in [1.54, 1.807) is 4.90 Å². The van der Waals surface area contributed by atoms with Gasteiger partial charge in [0.25, 0.3) is 0 Å². The third kappa shape index (κ3) is 3.70. The molecule has 0 aliphatic carbocycles. The summed E-state index contributed by atoms with van der Waals surface area (Å²) in [7, 11) is 1.36. The van der Waals surface area contributed by atoms with Crippen molar-refractivity contribution < 1.29 is 14.3 Å². The van der Waals surface area contributed by atoms with E-state index >= 15 is 0 Å². The van der Waals surface area contributed by atoms with Crippen molar-refractivity contribution in [1.82, 2.24) is 4.90 Å². The van der Waals surface area contributed by atoms with E-state index in [9.17, 15) is 9.59 Å². The summed E-state index contributed by atoms with van der Waals surface area (Å²) in [6, 6.07) is -0.974. The minimum Gasteiger partial charge on any atom is -0.467 e. The third-order valence-electron chi connectivity index (χ3n) is 3.31. The van der Waals surface area contributed by atoms with Crippen LogP contribution in [-0.4, -0.2) is 42.5 Å². The first-order valence-corrected chi connectivity index (χ1v) is 6.61. The maximum absolute atomic E-state index is 12.2. The minimum absolute atomic E-state index is 0.122. The number of carbonyl (C=O) groups excluding carboxylic acids is 2. The van der Waals surface area contributed by atoms with Crippen molar-refractivity contribution in [3.05, 3.63) is 0 Å². The zero-order valence-corrected chi connectivity index (χ0v) is 11.5. The highest BCUT2D eigenvalue weighted by Crippen LogP contribution is 2.19. The predicted molar refractivity (Wildman–Crippen MR) is 68.8 cm³/mol. The van der Waals surface area contributed by atoms with E-state index in [4.69, 9.17) is 10.5 Å². The minimum atomic E-state index is -0.494. The number of rotatable bonds is 4. The Morgan fingerprint density at radius 2 is 2.17 bits per heavy atom. The van der Waals surface area contributed by atoms with Gasteiger partial charge in [-0.2, -0.15) is 0 Å². The van der Waals surface area contributed by atoms with Crippen LogP contribution in [0, 0.1) is 5.92 Å². The van der Waals surface area contributed by atoms with E-state index in [1.807, 2.05) is 13.8 Å². The molecular formula is C13H24N2O3. The largest absolute Gasteiger partial charge is 0.467 e. The first-order chi connectivity index (χ1) is 8.47. The summed E-state index contributed by atoms with van der Waals surface area (Å²) in [5, 5.41) is 0. The van der Waals surface area contributed by atoms with Crippen LogP contribution in [0.15, 0.2) is 0 Å². The standard InChI is InChI=1S/C13H24N2O3/c1-9(2)8-11(13(17)18-3)15-7-5-4-6-10(14)12(15)16/h9-11H,4-8,14H2,1-3H3/t10-,11-/m0/s1. The average molecular weight is 256 g/mol. The van der Waals surface area contributed by atoms with Gasteiger partial charge in [0.2, 0.25) is 5.91 Å². The average Bonchev–Trinajstić information content (AvgIpc) is 2.49. The Balaban J connectivity index is 2.87. The van der Waals surface area contributed by atoms with Gasteiger partial charge < -0.3 is 15.4 Å². The lowest BCUT2D eigenvalue weighted by atomic mass is 10.0. The van der Waals surface area contributed by atoms with Crippen LogP contribution >= 0.6 is 0 Å². The molecule has 1 aliphatic rings. The normalized spacial score (nSPS) is 22.8. The molecule has 0 aromatic carbocycles. The maximum Gasteiger partial charge on any atom is 0.328 e. The number of hydrogen-bond acceptors (Lipinski definition) is 4. The number of carbonyl (C=O) groups is 2. The van der Waals surface area contributed by atoms with Gasteiger partial charge in [-0.25, -0.2) is 4.79 Å². The molecule has 0 saturated carbocycles. The third-order valence-corrected chi connectivity index (χ3v) is 3.31. The smallest absolute Gasteiger partial charge is 0.328 e. The van der Waals surface area contributed by atoms with Crippen LogP contribution in [-0.2, 0) is 14.3 Å². The molecule has 1 heterocycles. The van der Waals surface area contributed by atoms with Gasteiger partial charge in [0.15, 0.2) is 0 Å². The van der Waals surface area contributed by atoms with Crippen LogP contribution in [0.4, 0.5) is 0 Å². The quantitative estimate of drug-likeness (QED) is 0.759. The van der Waals surface area contributed by atoms with Gasteiger partial charge in [0, 0.05) is 6.54 Å². The molecule has 0 aromatic heterocycles. The fourth-order valence-electron chi connectivity index (χ4n) is 2.34. The van der Waals surface area contributed by atoms with Crippen LogP contribution in [0.2, 0.25) is 0 Å². The van der Waals surface area contributed by atoms with E-state index in [1.165, 1.54) is 7.11 Å². The molecule has 1 saturated heterocycles. The summed E-state index contributed by atoms with van der Waals surface area (Å²) < 4.78 is 4.82. The molecule has 0 radical (unpaired) electrons. The Hall–Kier alpha value is -1.10. The number of nitrogens with two attached hydrogens (primary N) is 1. The number of hydrogen-bond donors (Lipinski definition) is 1. The topological polar surface area (TPSA) is 72.6 Å². The van der Waals surface area contributed by atoms with Gasteiger partial charge in [0.1, 0.15) is 6.04 Å². The lowest BCUT2D eigenvalue weighted by molar-refractivity contribution is -0.153. The summed E-state index contributed by atoms with van der Waals surface area (Å²) in [4.78, 5) is 25.7. The summed E-state index contributed by atoms with van der Waals surface area (Å²) >= 11 is 0. The first-order valence-electron chi connectivity index (χ1n) is 6.61. The molecule has 104 valence electrons. The Bertz CT molecular complexity index is 305. The van der Waals surface area contributed by atoms with Crippen LogP contribution in [0.25, 0.3) is 0 Å². The zero-order valence-electron chi connectivity index (χ0n) is 11.5. The maximum atomic E-state index is 12.2. The molecule has 0 unspecified atom stereocenters. The summed E-state index contributed by atoms with van der Waals surface area (Å²) in [6.45, 7) is 4.65. The van der Waals surface area contributed by atoms with Gasteiger partial charge in [-0.1, -0.05) is 13.8 Å². The summed E-state index contributed by atoms with van der Waals surface area (Å²) in [5.74, 6) is -0.143. The lowest BCUT2D eigenvalue weighted by Crippen LogP contribution is -2.51. The molecule has 1 aliphatic heterocycles. The Labute approximate surface area is 109 Å². The number of amides is 1. The predicted octanol–water partition coefficient (Wildman–Crippen LogP) is 0.914. The SMILES string of the molecule is COC(=O)[C@H](CC(C)C)N1CCCC[C@H](N)C1=O. The van der Waals surface area contributed by atoms with Crippen molar-refractivity contribution in [3.63, 3.8) is 0 Å². The van der Waals surface area contributed by atoms with Gasteiger partial charge in [-0.05, 0) is 31.6 Å². The number of nitrogens with zero attached hydrogens (tertiary/aromatic N) is 1. The molecule has 5 nitrogen and oxygen atoms in total. The van der Waals surface area contributed by atoms with Gasteiger partial charge in [-0.3, -0.25) is 4.79 Å². The lowest BCUT2D eigenvalue weighted by Gasteiger charge is -2.31. The van der Waals surface area contributed by atoms with E-state index < -0.39 is 12.1 Å². The molecule has 18 heavy (non-hydrogen) atoms. The Kier molecular flexibility index (Phi) is 5.59. The van der Waals surface area contributed by atoms with Gasteiger partial charge in [-0.15, -0.1) is 0 Å². The van der Waals surface area contributed by atoms with Crippen molar-refractivity contribution in [2.75, 3.05) is 13.7 Å². The molecule has 1 rings (SSSR count). The van der Waals surface area contributed by atoms with Crippen molar-refractivity contribution >= 4 is 11.9 Å². The van der Waals surface area contributed by atoms with Gasteiger partial charge >= 0.3 is 5.97 Å². The monoisotopic (exact) mass is 256 g/mol. The molecular weight excluding hydrogens is 232 g/mol. The molecule has 5 heteroatoms. The van der Waals surface area contributed by atoms with E-state index in [0.717, 1.165) is 12.8 Å². The highest BCUT2D eigenvalue weighted by Gasteiger charge is 2.34. The van der Waals surface area contributed by atoms with Crippen LogP contribution in [0.5, 0.6) is 0 Å². The van der Waals surface area contributed by atoms with Gasteiger partial charge in [0.05, 0.1) is 13.2 Å². The van der Waals surface area contributed by atoms with Crippen LogP contribution < -0.4 is 5.73 Å². The number of esters is 1. The highest BCUT2D eigenvalue weighted by molar-refractivity contribution is 5.87. The highest BCUT2D eigenvalue weighted by atomic mass is 16.5. The fraction of sp³-hybridized carbons (Fsp3) is 0.846. The van der Waals surface area contributed by atoms with Crippen LogP contribution in [0.1, 0.15) is 39.5 Å². The van der Waals surface area contributed by atoms with E-state index in [0.29, 0.717) is 25.3 Å². The molecule has 2 atom stereocenters. The van der Waals surface area contributed by atoms with E-state index in [-0.39, 0.29) is 11.9 Å². The molecule has 1 fully saturated rings. The molecule has 0 spiro atoms. The zero-order chi connectivity index (χ0) is 13.7. The van der Waals surface area contributed by atoms with Crippen molar-refractivity contribution in [3.8, 4) is 0 Å². The Morgan fingerprint density at radius 3 is 2.72 bits per heavy atom. The molecule has 2 N–H and O–H groups in total. The van der Waals surface area contributed by atoms with Crippen LogP contribution in [0.3, 0.4) is 0 Å². The number of likely N-dealkylation sites (tertiary alicyclic amines) is 1. The van der Waals surface area contributed by atoms with Crippen molar-refractivity contribution in [1.29, 1.82) is 0 Å². The Morgan fingerprint density at radius 1 is 1.50 bits per heavy atom. The van der Waals surface area contributed by atoms with Crippen molar-refractivity contribution in [2.24, 2.45) is 11.7 Å². The van der Waals surface area contributed by atoms with E-state index in [2.05, 4.69) is 0 Å².